The molecule has 9 nitrogen and oxygen atoms in total. The molecule has 0 radical (unpaired) electrons. The van der Waals surface area contributed by atoms with Crippen LogP contribution in [0.2, 0.25) is 0 Å². The minimum atomic E-state index is -3.22. The Morgan fingerprint density at radius 2 is 1.97 bits per heavy atom. The number of rotatable bonds is 5. The van der Waals surface area contributed by atoms with Gasteiger partial charge in [-0.3, -0.25) is 9.78 Å². The van der Waals surface area contributed by atoms with Gasteiger partial charge in [-0.25, -0.2) is 19.9 Å². The molecule has 3 aromatic heterocycles. The molecule has 0 aliphatic heterocycles. The standard InChI is InChI=1S/C18H14F2N8O/c1-10(29)25-16-5-13(27-15-3-4-23-17(28-15)18(2,19)20)12(8-24-16)14-9-22-7-11(6-21)26-14/h3-5,7-9H,1-2H3,(H2,23,24,25,27,28,29). The SMILES string of the molecule is CC(=O)Nc1cc(Nc2ccnc(C(C)(F)F)n2)c(-c2cncc(C#N)n2)cn1. The van der Waals surface area contributed by atoms with E-state index in [1.165, 1.54) is 43.8 Å². The number of nitriles is 1. The van der Waals surface area contributed by atoms with Crippen molar-refractivity contribution >= 4 is 23.2 Å². The van der Waals surface area contributed by atoms with E-state index >= 15 is 0 Å². The Balaban J connectivity index is 2.07. The Hall–Kier alpha value is -4.07. The molecule has 0 fully saturated rings. The van der Waals surface area contributed by atoms with Gasteiger partial charge in [-0.15, -0.1) is 0 Å². The number of aromatic nitrogens is 5. The molecule has 1 amide bonds. The summed E-state index contributed by atoms with van der Waals surface area (Å²) in [5, 5.41) is 14.5. The number of halogens is 2. The summed E-state index contributed by atoms with van der Waals surface area (Å²) in [6, 6.07) is 4.79. The zero-order valence-electron chi connectivity index (χ0n) is 15.3. The van der Waals surface area contributed by atoms with Crippen LogP contribution in [0.3, 0.4) is 0 Å². The molecule has 146 valence electrons. The predicted molar refractivity (Wildman–Crippen MR) is 99.2 cm³/mol. The summed E-state index contributed by atoms with van der Waals surface area (Å²) in [5.74, 6) is -3.87. The first kappa shape index (κ1) is 19.7. The molecule has 11 heteroatoms. The van der Waals surface area contributed by atoms with Gasteiger partial charge in [-0.2, -0.15) is 14.0 Å². The van der Waals surface area contributed by atoms with Crippen LogP contribution < -0.4 is 10.6 Å². The lowest BCUT2D eigenvalue weighted by molar-refractivity contribution is -0.114. The predicted octanol–water partition coefficient (Wildman–Crippen LogP) is 3.01. The van der Waals surface area contributed by atoms with Gasteiger partial charge in [0.25, 0.3) is 0 Å². The average Bonchev–Trinajstić information content (AvgIpc) is 2.67. The van der Waals surface area contributed by atoms with Crippen LogP contribution in [-0.4, -0.2) is 30.8 Å². The van der Waals surface area contributed by atoms with Gasteiger partial charge in [0, 0.05) is 37.9 Å². The lowest BCUT2D eigenvalue weighted by Crippen LogP contribution is -2.13. The highest BCUT2D eigenvalue weighted by Gasteiger charge is 2.28. The van der Waals surface area contributed by atoms with Crippen molar-refractivity contribution in [1.82, 2.24) is 24.9 Å². The fourth-order valence-corrected chi connectivity index (χ4v) is 2.34. The van der Waals surface area contributed by atoms with Gasteiger partial charge in [-0.1, -0.05) is 0 Å². The number of nitrogens with zero attached hydrogens (tertiary/aromatic N) is 6. The molecule has 29 heavy (non-hydrogen) atoms. The first-order chi connectivity index (χ1) is 13.8. The maximum atomic E-state index is 13.5. The van der Waals surface area contributed by atoms with Crippen LogP contribution in [0.5, 0.6) is 0 Å². The fourth-order valence-electron chi connectivity index (χ4n) is 2.34. The second-order valence-electron chi connectivity index (χ2n) is 5.98. The summed E-state index contributed by atoms with van der Waals surface area (Å²) >= 11 is 0. The normalized spacial score (nSPS) is 10.9. The van der Waals surface area contributed by atoms with E-state index in [1.807, 2.05) is 6.07 Å². The molecule has 3 aromatic rings. The van der Waals surface area contributed by atoms with Crippen molar-refractivity contribution in [3.8, 4) is 17.3 Å². The van der Waals surface area contributed by atoms with Crippen molar-refractivity contribution in [2.45, 2.75) is 19.8 Å². The highest BCUT2D eigenvalue weighted by atomic mass is 19.3. The molecule has 0 bridgehead atoms. The van der Waals surface area contributed by atoms with Gasteiger partial charge in [0.1, 0.15) is 17.7 Å². The molecule has 3 heterocycles. The van der Waals surface area contributed by atoms with E-state index in [9.17, 15) is 13.6 Å². The van der Waals surface area contributed by atoms with Gasteiger partial charge in [0.15, 0.2) is 5.69 Å². The second-order valence-corrected chi connectivity index (χ2v) is 5.98. The molecular weight excluding hydrogens is 382 g/mol. The van der Waals surface area contributed by atoms with Crippen molar-refractivity contribution in [1.29, 1.82) is 5.26 Å². The molecule has 0 atom stereocenters. The van der Waals surface area contributed by atoms with E-state index in [0.717, 1.165) is 0 Å². The number of anilines is 3. The van der Waals surface area contributed by atoms with E-state index in [4.69, 9.17) is 5.26 Å². The van der Waals surface area contributed by atoms with Gasteiger partial charge < -0.3 is 10.6 Å². The summed E-state index contributed by atoms with van der Waals surface area (Å²) in [6.45, 7) is 2.02. The molecule has 2 N–H and O–H groups in total. The highest BCUT2D eigenvalue weighted by molar-refractivity contribution is 5.89. The van der Waals surface area contributed by atoms with Gasteiger partial charge >= 0.3 is 5.92 Å². The third kappa shape index (κ3) is 4.81. The van der Waals surface area contributed by atoms with Crippen molar-refractivity contribution < 1.29 is 13.6 Å². The number of pyridine rings is 1. The summed E-state index contributed by atoms with van der Waals surface area (Å²) in [7, 11) is 0. The first-order valence-electron chi connectivity index (χ1n) is 8.25. The topological polar surface area (TPSA) is 129 Å². The zero-order chi connectivity index (χ0) is 21.0. The Kier molecular flexibility index (Phi) is 5.36. The van der Waals surface area contributed by atoms with Crippen LogP contribution >= 0.6 is 0 Å². The van der Waals surface area contributed by atoms with Crippen molar-refractivity contribution in [3.63, 3.8) is 0 Å². The Morgan fingerprint density at radius 1 is 1.17 bits per heavy atom. The molecular formula is C18H14F2N8O. The average molecular weight is 396 g/mol. The number of carbonyl (C=O) groups excluding carboxylic acids is 1. The molecule has 0 aliphatic carbocycles. The van der Waals surface area contributed by atoms with Crippen LogP contribution in [0, 0.1) is 11.3 Å². The second kappa shape index (κ2) is 7.89. The number of hydrogen-bond acceptors (Lipinski definition) is 8. The molecule has 0 saturated carbocycles. The maximum absolute atomic E-state index is 13.5. The van der Waals surface area contributed by atoms with E-state index in [0.29, 0.717) is 23.9 Å². The summed E-state index contributed by atoms with van der Waals surface area (Å²) < 4.78 is 27.1. The van der Waals surface area contributed by atoms with E-state index < -0.39 is 11.7 Å². The first-order valence-corrected chi connectivity index (χ1v) is 8.25. The summed E-state index contributed by atoms with van der Waals surface area (Å²) in [6.07, 6.45) is 5.34. The summed E-state index contributed by atoms with van der Waals surface area (Å²) in [5.41, 5.74) is 1.20. The Bertz CT molecular complexity index is 1110. The number of hydrogen-bond donors (Lipinski definition) is 2. The van der Waals surface area contributed by atoms with Gasteiger partial charge in [-0.05, 0) is 6.07 Å². The molecule has 0 aliphatic rings. The van der Waals surface area contributed by atoms with Crippen LogP contribution in [0.15, 0.2) is 36.9 Å². The van der Waals surface area contributed by atoms with E-state index in [2.05, 4.69) is 35.6 Å². The molecule has 0 aromatic carbocycles. The Labute approximate surface area is 163 Å². The quantitative estimate of drug-likeness (QED) is 0.673. The monoisotopic (exact) mass is 396 g/mol. The minimum Gasteiger partial charge on any atom is -0.339 e. The minimum absolute atomic E-state index is 0.0920. The molecule has 0 spiro atoms. The number of amides is 1. The van der Waals surface area contributed by atoms with Crippen molar-refractivity contribution in [2.75, 3.05) is 10.6 Å². The van der Waals surface area contributed by atoms with Crippen molar-refractivity contribution in [3.05, 3.63) is 48.4 Å². The number of carbonyl (C=O) groups is 1. The zero-order valence-corrected chi connectivity index (χ0v) is 15.3. The van der Waals surface area contributed by atoms with E-state index in [1.54, 1.807) is 0 Å². The number of nitrogens with one attached hydrogen (secondary N) is 2. The van der Waals surface area contributed by atoms with Crippen LogP contribution in [0.1, 0.15) is 25.4 Å². The largest absolute Gasteiger partial charge is 0.339 e. The van der Waals surface area contributed by atoms with E-state index in [-0.39, 0.29) is 23.2 Å². The Morgan fingerprint density at radius 3 is 2.66 bits per heavy atom. The maximum Gasteiger partial charge on any atom is 0.303 e. The highest BCUT2D eigenvalue weighted by Crippen LogP contribution is 2.31. The molecule has 3 rings (SSSR count). The van der Waals surface area contributed by atoms with Crippen LogP contribution in [-0.2, 0) is 10.7 Å². The van der Waals surface area contributed by atoms with Crippen molar-refractivity contribution in [2.24, 2.45) is 0 Å². The smallest absolute Gasteiger partial charge is 0.303 e. The molecule has 0 saturated heterocycles. The third-order valence-corrected chi connectivity index (χ3v) is 3.54. The number of alkyl halides is 2. The lowest BCUT2D eigenvalue weighted by Gasteiger charge is -2.14. The third-order valence-electron chi connectivity index (χ3n) is 3.54. The molecule has 0 unspecified atom stereocenters. The van der Waals surface area contributed by atoms with Gasteiger partial charge in [0.2, 0.25) is 11.7 Å². The van der Waals surface area contributed by atoms with Crippen LogP contribution in [0.4, 0.5) is 26.1 Å². The lowest BCUT2D eigenvalue weighted by atomic mass is 10.1. The van der Waals surface area contributed by atoms with Gasteiger partial charge in [0.05, 0.1) is 23.8 Å². The van der Waals surface area contributed by atoms with Crippen LogP contribution in [0.25, 0.3) is 11.3 Å². The summed E-state index contributed by atoms with van der Waals surface area (Å²) in [4.78, 5) is 31.0. The fraction of sp³-hybridized carbons (Fsp3) is 0.167.